The molecule has 3 nitrogen and oxygen atoms in total. The summed E-state index contributed by atoms with van der Waals surface area (Å²) in [6.45, 7) is 10.4. The molecule has 1 aliphatic heterocycles. The van der Waals surface area contributed by atoms with Gasteiger partial charge in [-0.2, -0.15) is 0 Å². The van der Waals surface area contributed by atoms with E-state index in [1.54, 1.807) is 0 Å². The normalized spacial score (nSPS) is 18.5. The van der Waals surface area contributed by atoms with Gasteiger partial charge in [-0.15, -0.1) is 0 Å². The second kappa shape index (κ2) is 6.46. The molecule has 3 heteroatoms. The van der Waals surface area contributed by atoms with E-state index in [2.05, 4.69) is 67.6 Å². The third-order valence-electron chi connectivity index (χ3n) is 3.63. The smallest absolute Gasteiger partial charge is 0.0419 e. The maximum absolute atomic E-state index is 5.64. The van der Waals surface area contributed by atoms with Gasteiger partial charge in [0.05, 0.1) is 0 Å². The van der Waals surface area contributed by atoms with Crippen molar-refractivity contribution in [3.05, 3.63) is 77.2 Å². The van der Waals surface area contributed by atoms with Crippen LogP contribution in [0.1, 0.15) is 25.0 Å². The van der Waals surface area contributed by atoms with Gasteiger partial charge in [-0.25, -0.2) is 0 Å². The number of dihydropyridines is 1. The third-order valence-corrected chi connectivity index (χ3v) is 3.63. The summed E-state index contributed by atoms with van der Waals surface area (Å²) in [7, 11) is 0. The van der Waals surface area contributed by atoms with Crippen molar-refractivity contribution in [3.8, 4) is 0 Å². The Morgan fingerprint density at radius 3 is 2.52 bits per heavy atom. The Balaban J connectivity index is 2.45. The molecule has 0 saturated heterocycles. The van der Waals surface area contributed by atoms with Crippen LogP contribution in [0.15, 0.2) is 66.0 Å². The van der Waals surface area contributed by atoms with Gasteiger partial charge in [0.25, 0.3) is 0 Å². The average Bonchev–Trinajstić information content (AvgIpc) is 2.48. The molecule has 1 unspecified atom stereocenters. The van der Waals surface area contributed by atoms with E-state index < -0.39 is 0 Å². The van der Waals surface area contributed by atoms with E-state index in [0.717, 1.165) is 28.0 Å². The van der Waals surface area contributed by atoms with Gasteiger partial charge >= 0.3 is 0 Å². The first-order valence-corrected chi connectivity index (χ1v) is 7.11. The lowest BCUT2D eigenvalue weighted by molar-refractivity contribution is 0.754. The monoisotopic (exact) mass is 281 g/mol. The molecule has 0 saturated carbocycles. The Kier molecular flexibility index (Phi) is 4.66. The van der Waals surface area contributed by atoms with Gasteiger partial charge in [0.15, 0.2) is 0 Å². The number of benzene rings is 1. The Morgan fingerprint density at radius 2 is 1.95 bits per heavy atom. The van der Waals surface area contributed by atoms with Crippen molar-refractivity contribution >= 4 is 5.57 Å². The number of hydrazine groups is 1. The number of nitrogens with two attached hydrogens (primary N) is 1. The molecular weight excluding hydrogens is 258 g/mol. The largest absolute Gasteiger partial charge is 0.385 e. The maximum atomic E-state index is 5.64. The maximum Gasteiger partial charge on any atom is 0.0419 e. The molecule has 0 aliphatic carbocycles. The van der Waals surface area contributed by atoms with Gasteiger partial charge in [-0.3, -0.25) is 5.84 Å². The molecular formula is C18H23N3. The van der Waals surface area contributed by atoms with Gasteiger partial charge in [0, 0.05) is 17.3 Å². The fraction of sp³-hybridized carbons (Fsp3) is 0.222. The summed E-state index contributed by atoms with van der Waals surface area (Å²) in [4.78, 5) is 0. The molecule has 0 amide bonds. The van der Waals surface area contributed by atoms with Gasteiger partial charge in [-0.05, 0) is 49.8 Å². The molecule has 1 aromatic carbocycles. The standard InChI is InChI=1S/C18H23N3/c1-12-5-7-16(8-6-12)14(3)18(15(4)21-19)17-9-10-20-13(2)11-17/h5-11,13,20-21H,3,19H2,1-2,4H3/b18-15+. The van der Waals surface area contributed by atoms with E-state index in [0.29, 0.717) is 0 Å². The van der Waals surface area contributed by atoms with Crippen LogP contribution in [-0.2, 0) is 0 Å². The van der Waals surface area contributed by atoms with E-state index in [1.807, 2.05) is 13.1 Å². The van der Waals surface area contributed by atoms with Gasteiger partial charge in [0.1, 0.15) is 0 Å². The predicted octanol–water partition coefficient (Wildman–Crippen LogP) is 3.18. The highest BCUT2D eigenvalue weighted by Gasteiger charge is 2.15. The van der Waals surface area contributed by atoms with Crippen LogP contribution in [0.4, 0.5) is 0 Å². The lowest BCUT2D eigenvalue weighted by atomic mass is 9.90. The Hall–Kier alpha value is -2.26. The van der Waals surface area contributed by atoms with Crippen LogP contribution in [0.3, 0.4) is 0 Å². The van der Waals surface area contributed by atoms with Crippen molar-refractivity contribution in [2.24, 2.45) is 5.84 Å². The molecule has 1 heterocycles. The lowest BCUT2D eigenvalue weighted by Crippen LogP contribution is -2.24. The van der Waals surface area contributed by atoms with Crippen LogP contribution in [0, 0.1) is 6.92 Å². The fourth-order valence-electron chi connectivity index (χ4n) is 2.42. The minimum atomic E-state index is 0.288. The molecule has 2 rings (SSSR count). The zero-order valence-corrected chi connectivity index (χ0v) is 12.9. The highest BCUT2D eigenvalue weighted by atomic mass is 15.2. The minimum absolute atomic E-state index is 0.288. The summed E-state index contributed by atoms with van der Waals surface area (Å²) < 4.78 is 0. The molecule has 0 fully saturated rings. The number of rotatable bonds is 4. The number of hydrogen-bond donors (Lipinski definition) is 3. The van der Waals surface area contributed by atoms with Crippen LogP contribution >= 0.6 is 0 Å². The molecule has 4 N–H and O–H groups in total. The second-order valence-corrected chi connectivity index (χ2v) is 5.40. The Morgan fingerprint density at radius 1 is 1.29 bits per heavy atom. The molecule has 1 aromatic rings. The molecule has 1 atom stereocenters. The van der Waals surface area contributed by atoms with E-state index in [9.17, 15) is 0 Å². The third kappa shape index (κ3) is 3.44. The molecule has 0 aromatic heterocycles. The van der Waals surface area contributed by atoms with E-state index >= 15 is 0 Å². The van der Waals surface area contributed by atoms with Gasteiger partial charge < -0.3 is 10.7 Å². The molecule has 0 bridgehead atoms. The summed E-state index contributed by atoms with van der Waals surface area (Å²) in [5.41, 5.74) is 9.15. The molecule has 0 radical (unpaired) electrons. The minimum Gasteiger partial charge on any atom is -0.385 e. The van der Waals surface area contributed by atoms with E-state index in [1.165, 1.54) is 5.56 Å². The second-order valence-electron chi connectivity index (χ2n) is 5.40. The first-order valence-electron chi connectivity index (χ1n) is 7.11. The first-order chi connectivity index (χ1) is 10.0. The van der Waals surface area contributed by atoms with Gasteiger partial charge in [0.2, 0.25) is 0 Å². The summed E-state index contributed by atoms with van der Waals surface area (Å²) in [5, 5.41) is 3.25. The molecule has 110 valence electrons. The fourth-order valence-corrected chi connectivity index (χ4v) is 2.42. The zero-order valence-electron chi connectivity index (χ0n) is 12.9. The lowest BCUT2D eigenvalue weighted by Gasteiger charge is -2.21. The molecule has 0 spiro atoms. The van der Waals surface area contributed by atoms with E-state index in [-0.39, 0.29) is 6.04 Å². The zero-order chi connectivity index (χ0) is 15.4. The summed E-state index contributed by atoms with van der Waals surface area (Å²) >= 11 is 0. The highest BCUT2D eigenvalue weighted by molar-refractivity contribution is 5.84. The SMILES string of the molecule is C=C(/C(C1=CC(C)NC=C1)=C(/C)NN)c1ccc(C)cc1. The molecule has 1 aliphatic rings. The summed E-state index contributed by atoms with van der Waals surface area (Å²) in [6, 6.07) is 8.67. The Labute approximate surface area is 126 Å². The van der Waals surface area contributed by atoms with Crippen LogP contribution < -0.4 is 16.6 Å². The van der Waals surface area contributed by atoms with Crippen molar-refractivity contribution in [1.82, 2.24) is 10.7 Å². The first kappa shape index (κ1) is 15.1. The predicted molar refractivity (Wildman–Crippen MR) is 90.1 cm³/mol. The number of hydrogen-bond acceptors (Lipinski definition) is 3. The highest BCUT2D eigenvalue weighted by Crippen LogP contribution is 2.31. The van der Waals surface area contributed by atoms with Crippen molar-refractivity contribution < 1.29 is 0 Å². The van der Waals surface area contributed by atoms with Crippen molar-refractivity contribution in [1.29, 1.82) is 0 Å². The van der Waals surface area contributed by atoms with Crippen molar-refractivity contribution in [2.45, 2.75) is 26.8 Å². The van der Waals surface area contributed by atoms with Crippen LogP contribution in [0.25, 0.3) is 5.57 Å². The molecule has 21 heavy (non-hydrogen) atoms. The topological polar surface area (TPSA) is 50.1 Å². The van der Waals surface area contributed by atoms with Gasteiger partial charge in [-0.1, -0.05) is 42.5 Å². The van der Waals surface area contributed by atoms with E-state index in [4.69, 9.17) is 5.84 Å². The number of aryl methyl sites for hydroxylation is 1. The quantitative estimate of drug-likeness (QED) is 0.451. The summed E-state index contributed by atoms with van der Waals surface area (Å²) in [5.74, 6) is 5.64. The number of nitrogens with one attached hydrogen (secondary N) is 2. The van der Waals surface area contributed by atoms with Crippen LogP contribution in [-0.4, -0.2) is 6.04 Å². The van der Waals surface area contributed by atoms with Crippen LogP contribution in [0.5, 0.6) is 0 Å². The van der Waals surface area contributed by atoms with Crippen molar-refractivity contribution in [2.75, 3.05) is 0 Å². The van der Waals surface area contributed by atoms with Crippen molar-refractivity contribution in [3.63, 3.8) is 0 Å². The average molecular weight is 281 g/mol. The number of allylic oxidation sites excluding steroid dienone is 5. The Bertz CT molecular complexity index is 618. The summed E-state index contributed by atoms with van der Waals surface area (Å²) in [6.07, 6.45) is 6.19. The van der Waals surface area contributed by atoms with Crippen LogP contribution in [0.2, 0.25) is 0 Å².